The molecule has 4 nitrogen and oxygen atoms in total. The molecule has 0 fully saturated rings. The summed E-state index contributed by atoms with van der Waals surface area (Å²) in [5.41, 5.74) is 3.12. The molecule has 1 aromatic rings. The summed E-state index contributed by atoms with van der Waals surface area (Å²) in [5.74, 6) is 0.0252. The lowest BCUT2D eigenvalue weighted by atomic mass is 10.1. The van der Waals surface area contributed by atoms with Crippen molar-refractivity contribution in [2.24, 2.45) is 0 Å². The zero-order valence-electron chi connectivity index (χ0n) is 11.4. The van der Waals surface area contributed by atoms with Gasteiger partial charge in [0.25, 0.3) is 0 Å². The lowest BCUT2D eigenvalue weighted by Gasteiger charge is -2.28. The predicted octanol–water partition coefficient (Wildman–Crippen LogP) is 2.13. The van der Waals surface area contributed by atoms with Gasteiger partial charge in [-0.05, 0) is 40.0 Å². The van der Waals surface area contributed by atoms with Crippen LogP contribution in [-0.2, 0) is 4.79 Å². The first-order valence-electron chi connectivity index (χ1n) is 6.47. The summed E-state index contributed by atoms with van der Waals surface area (Å²) in [6.45, 7) is 7.44. The normalized spacial score (nSPS) is 17.8. The van der Waals surface area contributed by atoms with Crippen LogP contribution in [0.25, 0.3) is 0 Å². The number of nitrogens with zero attached hydrogens (tertiary/aromatic N) is 1. The first-order chi connectivity index (χ1) is 8.58. The van der Waals surface area contributed by atoms with E-state index in [1.807, 2.05) is 6.07 Å². The molecule has 4 heteroatoms. The molecule has 1 aliphatic heterocycles. The average molecular weight is 247 g/mol. The molecular weight excluding hydrogens is 226 g/mol. The molecule has 0 spiro atoms. The van der Waals surface area contributed by atoms with Crippen LogP contribution in [0.3, 0.4) is 0 Å². The number of hydrogen-bond donors (Lipinski definition) is 2. The van der Waals surface area contributed by atoms with E-state index in [0.717, 1.165) is 23.5 Å². The molecule has 98 valence electrons. The van der Waals surface area contributed by atoms with Crippen LogP contribution < -0.4 is 15.5 Å². The number of carbonyl (C=O) groups excluding carboxylic acids is 1. The van der Waals surface area contributed by atoms with Gasteiger partial charge in [0.1, 0.15) is 6.04 Å². The molecule has 0 bridgehead atoms. The Labute approximate surface area is 108 Å². The van der Waals surface area contributed by atoms with Crippen LogP contribution in [0.4, 0.5) is 11.4 Å². The quantitative estimate of drug-likeness (QED) is 0.856. The van der Waals surface area contributed by atoms with Crippen molar-refractivity contribution in [3.05, 3.63) is 23.8 Å². The molecule has 1 atom stereocenters. The highest BCUT2D eigenvalue weighted by atomic mass is 16.2. The summed E-state index contributed by atoms with van der Waals surface area (Å²) in [4.78, 5) is 14.1. The summed E-state index contributed by atoms with van der Waals surface area (Å²) in [5, 5.41) is 5.96. The monoisotopic (exact) mass is 247 g/mol. The molecule has 1 amide bonds. The van der Waals surface area contributed by atoms with Crippen molar-refractivity contribution in [3.8, 4) is 0 Å². The Bertz CT molecular complexity index is 456. The van der Waals surface area contributed by atoms with E-state index in [0.29, 0.717) is 6.04 Å². The standard InChI is InChI=1S/C14H21N3O/c1-5-17(9(2)3)10-6-7-11-12(8-10)16-14(18)13(11)15-4/h6-9,13,15H,5H2,1-4H3,(H,16,18). The molecule has 1 unspecified atom stereocenters. The molecule has 0 saturated carbocycles. The smallest absolute Gasteiger partial charge is 0.246 e. The van der Waals surface area contributed by atoms with Gasteiger partial charge in [-0.3, -0.25) is 4.79 Å². The Morgan fingerprint density at radius 2 is 2.17 bits per heavy atom. The third-order valence-electron chi connectivity index (χ3n) is 3.45. The lowest BCUT2D eigenvalue weighted by Crippen LogP contribution is -2.30. The van der Waals surface area contributed by atoms with Crippen LogP contribution in [0.2, 0.25) is 0 Å². The minimum absolute atomic E-state index is 0.0252. The molecule has 0 aliphatic carbocycles. The average Bonchev–Trinajstić information content (AvgIpc) is 2.64. The number of benzene rings is 1. The Morgan fingerprint density at radius 1 is 1.44 bits per heavy atom. The second-order valence-electron chi connectivity index (χ2n) is 4.86. The number of rotatable bonds is 4. The van der Waals surface area contributed by atoms with E-state index in [2.05, 4.69) is 48.4 Å². The van der Waals surface area contributed by atoms with Crippen molar-refractivity contribution in [2.75, 3.05) is 23.8 Å². The van der Waals surface area contributed by atoms with Gasteiger partial charge in [-0.1, -0.05) is 6.07 Å². The van der Waals surface area contributed by atoms with Crippen LogP contribution in [0.15, 0.2) is 18.2 Å². The SMILES string of the molecule is CCN(c1ccc2c(c1)NC(=O)C2NC)C(C)C. The fourth-order valence-electron chi connectivity index (χ4n) is 2.56. The van der Waals surface area contributed by atoms with Gasteiger partial charge >= 0.3 is 0 Å². The highest BCUT2D eigenvalue weighted by molar-refractivity contribution is 6.03. The van der Waals surface area contributed by atoms with Gasteiger partial charge in [-0.25, -0.2) is 0 Å². The van der Waals surface area contributed by atoms with Gasteiger partial charge in [0.05, 0.1) is 0 Å². The van der Waals surface area contributed by atoms with Crippen molar-refractivity contribution < 1.29 is 4.79 Å². The molecule has 2 rings (SSSR count). The molecular formula is C14H21N3O. The van der Waals surface area contributed by atoms with E-state index in [4.69, 9.17) is 0 Å². The Balaban J connectivity index is 2.35. The van der Waals surface area contributed by atoms with Crippen LogP contribution >= 0.6 is 0 Å². The molecule has 18 heavy (non-hydrogen) atoms. The number of hydrogen-bond acceptors (Lipinski definition) is 3. The maximum atomic E-state index is 11.8. The maximum Gasteiger partial charge on any atom is 0.246 e. The fourth-order valence-corrected chi connectivity index (χ4v) is 2.56. The van der Waals surface area contributed by atoms with Gasteiger partial charge in [-0.2, -0.15) is 0 Å². The van der Waals surface area contributed by atoms with E-state index < -0.39 is 0 Å². The van der Waals surface area contributed by atoms with Gasteiger partial charge in [0.2, 0.25) is 5.91 Å². The van der Waals surface area contributed by atoms with Crippen LogP contribution in [-0.4, -0.2) is 25.5 Å². The second-order valence-corrected chi connectivity index (χ2v) is 4.86. The zero-order chi connectivity index (χ0) is 13.3. The van der Waals surface area contributed by atoms with E-state index in [-0.39, 0.29) is 11.9 Å². The summed E-state index contributed by atoms with van der Waals surface area (Å²) in [7, 11) is 1.81. The van der Waals surface area contributed by atoms with E-state index in [9.17, 15) is 4.79 Å². The van der Waals surface area contributed by atoms with Crippen molar-refractivity contribution in [3.63, 3.8) is 0 Å². The second kappa shape index (κ2) is 4.98. The molecule has 0 saturated heterocycles. The lowest BCUT2D eigenvalue weighted by molar-refractivity contribution is -0.117. The van der Waals surface area contributed by atoms with Gasteiger partial charge in [0, 0.05) is 29.5 Å². The molecule has 1 aromatic carbocycles. The van der Waals surface area contributed by atoms with Gasteiger partial charge in [0.15, 0.2) is 0 Å². The highest BCUT2D eigenvalue weighted by Gasteiger charge is 2.29. The summed E-state index contributed by atoms with van der Waals surface area (Å²) in [6.07, 6.45) is 0. The first-order valence-corrected chi connectivity index (χ1v) is 6.47. The Morgan fingerprint density at radius 3 is 2.72 bits per heavy atom. The Kier molecular flexibility index (Phi) is 3.57. The third-order valence-corrected chi connectivity index (χ3v) is 3.45. The third kappa shape index (κ3) is 2.08. The maximum absolute atomic E-state index is 11.8. The van der Waals surface area contributed by atoms with Crippen molar-refractivity contribution in [2.45, 2.75) is 32.9 Å². The number of fused-ring (bicyclic) bond motifs is 1. The number of anilines is 2. The predicted molar refractivity (Wildman–Crippen MR) is 75.0 cm³/mol. The van der Waals surface area contributed by atoms with Gasteiger partial charge in [-0.15, -0.1) is 0 Å². The summed E-state index contributed by atoms with van der Waals surface area (Å²) < 4.78 is 0. The molecule has 1 heterocycles. The van der Waals surface area contributed by atoms with Gasteiger partial charge < -0.3 is 15.5 Å². The topological polar surface area (TPSA) is 44.4 Å². The van der Waals surface area contributed by atoms with Crippen LogP contribution in [0, 0.1) is 0 Å². The minimum atomic E-state index is -0.219. The van der Waals surface area contributed by atoms with Crippen LogP contribution in [0.5, 0.6) is 0 Å². The number of amides is 1. The molecule has 1 aliphatic rings. The van der Waals surface area contributed by atoms with E-state index in [1.54, 1.807) is 7.05 Å². The number of carbonyl (C=O) groups is 1. The van der Waals surface area contributed by atoms with Crippen molar-refractivity contribution >= 4 is 17.3 Å². The highest BCUT2D eigenvalue weighted by Crippen LogP contribution is 2.34. The molecule has 2 N–H and O–H groups in total. The van der Waals surface area contributed by atoms with Crippen molar-refractivity contribution in [1.29, 1.82) is 0 Å². The molecule has 0 aromatic heterocycles. The van der Waals surface area contributed by atoms with E-state index in [1.165, 1.54) is 0 Å². The molecule has 0 radical (unpaired) electrons. The number of nitrogens with one attached hydrogen (secondary N) is 2. The fraction of sp³-hybridized carbons (Fsp3) is 0.500. The zero-order valence-corrected chi connectivity index (χ0v) is 11.4. The largest absolute Gasteiger partial charge is 0.369 e. The summed E-state index contributed by atoms with van der Waals surface area (Å²) in [6, 6.07) is 6.42. The Hall–Kier alpha value is -1.55. The first kappa shape index (κ1) is 12.9. The van der Waals surface area contributed by atoms with E-state index >= 15 is 0 Å². The minimum Gasteiger partial charge on any atom is -0.369 e. The summed E-state index contributed by atoms with van der Waals surface area (Å²) >= 11 is 0. The van der Waals surface area contributed by atoms with Crippen LogP contribution in [0.1, 0.15) is 32.4 Å². The number of likely N-dealkylation sites (N-methyl/N-ethyl adjacent to an activating group) is 1. The van der Waals surface area contributed by atoms with Crippen molar-refractivity contribution in [1.82, 2.24) is 5.32 Å².